The highest BCUT2D eigenvalue weighted by molar-refractivity contribution is 5.97. The Balaban J connectivity index is 2.69. The van der Waals surface area contributed by atoms with Gasteiger partial charge in [-0.2, -0.15) is 0 Å². The molecule has 0 heterocycles. The monoisotopic (exact) mass is 236 g/mol. The molecular weight excluding hydrogens is 219 g/mol. The summed E-state index contributed by atoms with van der Waals surface area (Å²) < 4.78 is 18.5. The molecule has 0 atom stereocenters. The second-order valence-electron chi connectivity index (χ2n) is 3.79. The normalized spacial score (nSPS) is 11.4. The van der Waals surface area contributed by atoms with E-state index in [1.807, 2.05) is 6.92 Å². The number of ketones is 1. The van der Waals surface area contributed by atoms with Crippen LogP contribution in [0.1, 0.15) is 31.7 Å². The molecule has 3 heteroatoms. The van der Waals surface area contributed by atoms with Gasteiger partial charge in [0.15, 0.2) is 11.6 Å². The number of allylic oxidation sites excluding steroid dienone is 1. The van der Waals surface area contributed by atoms with Crippen molar-refractivity contribution in [1.29, 1.82) is 0 Å². The van der Waals surface area contributed by atoms with Crippen LogP contribution in [0.3, 0.4) is 0 Å². The lowest BCUT2D eigenvalue weighted by Gasteiger charge is -2.00. The summed E-state index contributed by atoms with van der Waals surface area (Å²) in [6, 6.07) is 6.89. The van der Waals surface area contributed by atoms with Crippen LogP contribution in [0.2, 0.25) is 0 Å². The standard InChI is InChI=1S/C14H17FO2/c1-3-4-5-14(16)13(15)10-11-6-8-12(17-2)9-7-11/h6-10H,3-5H2,1-2H3/b13-10+. The third-order valence-corrected chi connectivity index (χ3v) is 2.43. The highest BCUT2D eigenvalue weighted by Crippen LogP contribution is 2.15. The number of benzene rings is 1. The molecule has 0 saturated carbocycles. The number of Topliss-reactive ketones (excluding diaryl/α,β-unsaturated/α-hetero) is 1. The molecule has 2 nitrogen and oxygen atoms in total. The molecule has 0 aliphatic rings. The largest absolute Gasteiger partial charge is 0.497 e. The third-order valence-electron chi connectivity index (χ3n) is 2.43. The van der Waals surface area contributed by atoms with Crippen LogP contribution in [0.4, 0.5) is 4.39 Å². The van der Waals surface area contributed by atoms with Crippen LogP contribution >= 0.6 is 0 Å². The molecule has 1 aromatic rings. The first-order valence-electron chi connectivity index (χ1n) is 5.71. The van der Waals surface area contributed by atoms with Crippen molar-refractivity contribution in [3.05, 3.63) is 35.7 Å². The van der Waals surface area contributed by atoms with Gasteiger partial charge in [0.2, 0.25) is 0 Å². The Morgan fingerprint density at radius 2 is 2.00 bits per heavy atom. The summed E-state index contributed by atoms with van der Waals surface area (Å²) in [6.45, 7) is 1.97. The van der Waals surface area contributed by atoms with Gasteiger partial charge in [0, 0.05) is 6.42 Å². The number of carbonyl (C=O) groups excluding carboxylic acids is 1. The fraction of sp³-hybridized carbons (Fsp3) is 0.357. The van der Waals surface area contributed by atoms with Crippen LogP contribution in [-0.2, 0) is 4.79 Å². The molecule has 0 spiro atoms. The van der Waals surface area contributed by atoms with Gasteiger partial charge in [-0.1, -0.05) is 25.5 Å². The van der Waals surface area contributed by atoms with Gasteiger partial charge in [0.1, 0.15) is 5.75 Å². The van der Waals surface area contributed by atoms with Gasteiger partial charge < -0.3 is 4.74 Å². The van der Waals surface area contributed by atoms with Crippen molar-refractivity contribution >= 4 is 11.9 Å². The van der Waals surface area contributed by atoms with Crippen LogP contribution in [0.5, 0.6) is 5.75 Å². The summed E-state index contributed by atoms with van der Waals surface area (Å²) in [5.41, 5.74) is 0.660. The third kappa shape index (κ3) is 4.39. The van der Waals surface area contributed by atoms with Gasteiger partial charge >= 0.3 is 0 Å². The van der Waals surface area contributed by atoms with Crippen molar-refractivity contribution in [2.75, 3.05) is 7.11 Å². The molecule has 0 N–H and O–H groups in total. The van der Waals surface area contributed by atoms with E-state index >= 15 is 0 Å². The number of unbranched alkanes of at least 4 members (excludes halogenated alkanes) is 1. The lowest BCUT2D eigenvalue weighted by atomic mass is 10.1. The molecular formula is C14H17FO2. The topological polar surface area (TPSA) is 26.3 Å². The van der Waals surface area contributed by atoms with Gasteiger partial charge in [-0.15, -0.1) is 0 Å². The molecule has 0 saturated heterocycles. The minimum Gasteiger partial charge on any atom is -0.497 e. The number of hydrogen-bond acceptors (Lipinski definition) is 2. The molecule has 0 amide bonds. The van der Waals surface area contributed by atoms with E-state index in [1.165, 1.54) is 6.08 Å². The van der Waals surface area contributed by atoms with Crippen molar-refractivity contribution in [2.45, 2.75) is 26.2 Å². The van der Waals surface area contributed by atoms with Crippen molar-refractivity contribution < 1.29 is 13.9 Å². The first-order valence-corrected chi connectivity index (χ1v) is 5.71. The molecule has 1 rings (SSSR count). The highest BCUT2D eigenvalue weighted by Gasteiger charge is 2.07. The zero-order valence-electron chi connectivity index (χ0n) is 10.2. The summed E-state index contributed by atoms with van der Waals surface area (Å²) in [4.78, 5) is 11.4. The maximum atomic E-state index is 13.5. The number of methoxy groups -OCH3 is 1. The predicted molar refractivity (Wildman–Crippen MR) is 66.6 cm³/mol. The van der Waals surface area contributed by atoms with Crippen molar-refractivity contribution in [3.63, 3.8) is 0 Å². The zero-order valence-corrected chi connectivity index (χ0v) is 10.2. The molecule has 0 aromatic heterocycles. The maximum Gasteiger partial charge on any atom is 0.191 e. The number of halogens is 1. The van der Waals surface area contributed by atoms with Crippen LogP contribution < -0.4 is 4.74 Å². The van der Waals surface area contributed by atoms with Gasteiger partial charge in [0.25, 0.3) is 0 Å². The Bertz CT molecular complexity index is 393. The van der Waals surface area contributed by atoms with Crippen LogP contribution in [0, 0.1) is 0 Å². The lowest BCUT2D eigenvalue weighted by Crippen LogP contribution is -1.97. The fourth-order valence-electron chi connectivity index (χ4n) is 1.38. The van der Waals surface area contributed by atoms with E-state index in [1.54, 1.807) is 31.4 Å². The van der Waals surface area contributed by atoms with Gasteiger partial charge in [-0.3, -0.25) is 4.79 Å². The molecule has 0 aliphatic heterocycles. The molecule has 0 fully saturated rings. The van der Waals surface area contributed by atoms with E-state index in [0.29, 0.717) is 11.3 Å². The average Bonchev–Trinajstić information content (AvgIpc) is 2.36. The molecule has 1 aromatic carbocycles. The minimum atomic E-state index is -0.677. The smallest absolute Gasteiger partial charge is 0.191 e. The van der Waals surface area contributed by atoms with E-state index < -0.39 is 11.6 Å². The Kier molecular flexibility index (Phi) is 5.40. The average molecular weight is 236 g/mol. The van der Waals surface area contributed by atoms with E-state index in [2.05, 4.69) is 0 Å². The molecule has 0 aliphatic carbocycles. The fourth-order valence-corrected chi connectivity index (χ4v) is 1.38. The molecule has 0 radical (unpaired) electrons. The van der Waals surface area contributed by atoms with Crippen molar-refractivity contribution in [2.24, 2.45) is 0 Å². The van der Waals surface area contributed by atoms with E-state index in [-0.39, 0.29) is 6.42 Å². The van der Waals surface area contributed by atoms with E-state index in [4.69, 9.17) is 4.74 Å². The van der Waals surface area contributed by atoms with E-state index in [9.17, 15) is 9.18 Å². The van der Waals surface area contributed by atoms with Crippen LogP contribution in [0.25, 0.3) is 6.08 Å². The molecule has 17 heavy (non-hydrogen) atoms. The molecule has 92 valence electrons. The summed E-state index contributed by atoms with van der Waals surface area (Å²) in [6.07, 6.45) is 3.15. The maximum absolute atomic E-state index is 13.5. The number of ether oxygens (including phenoxy) is 1. The van der Waals surface area contributed by atoms with Crippen LogP contribution in [0.15, 0.2) is 30.1 Å². The van der Waals surface area contributed by atoms with Crippen LogP contribution in [-0.4, -0.2) is 12.9 Å². The first kappa shape index (κ1) is 13.4. The van der Waals surface area contributed by atoms with Crippen molar-refractivity contribution in [3.8, 4) is 5.75 Å². The SMILES string of the molecule is CCCCC(=O)/C(F)=C\c1ccc(OC)cc1. The Hall–Kier alpha value is -1.64. The van der Waals surface area contributed by atoms with Crippen molar-refractivity contribution in [1.82, 2.24) is 0 Å². The summed E-state index contributed by atoms with van der Waals surface area (Å²) >= 11 is 0. The first-order chi connectivity index (χ1) is 8.17. The lowest BCUT2D eigenvalue weighted by molar-refractivity contribution is -0.116. The molecule has 0 unspecified atom stereocenters. The second kappa shape index (κ2) is 6.84. The highest BCUT2D eigenvalue weighted by atomic mass is 19.1. The number of carbonyl (C=O) groups is 1. The van der Waals surface area contributed by atoms with Gasteiger partial charge in [-0.05, 0) is 30.2 Å². The van der Waals surface area contributed by atoms with E-state index in [0.717, 1.165) is 12.8 Å². The number of hydrogen-bond donors (Lipinski definition) is 0. The second-order valence-corrected chi connectivity index (χ2v) is 3.79. The zero-order chi connectivity index (χ0) is 12.7. The Labute approximate surface area is 101 Å². The quantitative estimate of drug-likeness (QED) is 0.703. The molecule has 0 bridgehead atoms. The summed E-state index contributed by atoms with van der Waals surface area (Å²) in [5, 5.41) is 0. The Morgan fingerprint density at radius 1 is 1.35 bits per heavy atom. The van der Waals surface area contributed by atoms with Gasteiger partial charge in [-0.25, -0.2) is 4.39 Å². The van der Waals surface area contributed by atoms with Gasteiger partial charge in [0.05, 0.1) is 7.11 Å². The number of rotatable bonds is 6. The minimum absolute atomic E-state index is 0.273. The summed E-state index contributed by atoms with van der Waals surface area (Å²) in [7, 11) is 1.57. The summed E-state index contributed by atoms with van der Waals surface area (Å²) in [5.74, 6) is -0.397. The Morgan fingerprint density at radius 3 is 2.53 bits per heavy atom. The predicted octanol–water partition coefficient (Wildman–Crippen LogP) is 3.76.